The molecule has 0 aromatic heterocycles. The second-order valence-electron chi connectivity index (χ2n) is 9.39. The maximum Gasteiger partial charge on any atom is 0.244 e. The zero-order valence-corrected chi connectivity index (χ0v) is 25.3. The number of amides is 2. The fourth-order valence-electron chi connectivity index (χ4n) is 4.03. The first kappa shape index (κ1) is 30.7. The van der Waals surface area contributed by atoms with Crippen LogP contribution < -0.4 is 9.62 Å². The summed E-state index contributed by atoms with van der Waals surface area (Å²) in [4.78, 5) is 29.2. The van der Waals surface area contributed by atoms with Crippen LogP contribution in [0.15, 0.2) is 83.3 Å². The van der Waals surface area contributed by atoms with Gasteiger partial charge in [0.05, 0.1) is 11.9 Å². The molecule has 3 aromatic carbocycles. The SMILES string of the molecule is CC[C@H](C)NC(=O)[C@H](Cc1ccccc1)N(Cc1ccc(Cl)cc1)C(=O)CN(c1ccccc1Br)S(C)(=O)=O. The van der Waals surface area contributed by atoms with Gasteiger partial charge in [-0.2, -0.15) is 0 Å². The smallest absolute Gasteiger partial charge is 0.244 e. The average Bonchev–Trinajstić information content (AvgIpc) is 2.90. The van der Waals surface area contributed by atoms with Gasteiger partial charge in [-0.15, -0.1) is 0 Å². The molecular weight excluding hydrogens is 602 g/mol. The summed E-state index contributed by atoms with van der Waals surface area (Å²) in [5.74, 6) is -0.811. The molecule has 10 heteroatoms. The predicted octanol–water partition coefficient (Wildman–Crippen LogP) is 5.42. The molecule has 0 bridgehead atoms. The Morgan fingerprint density at radius 1 is 0.949 bits per heavy atom. The van der Waals surface area contributed by atoms with Crippen molar-refractivity contribution >= 4 is 55.1 Å². The molecule has 0 saturated carbocycles. The Bertz CT molecular complexity index is 1370. The van der Waals surface area contributed by atoms with Gasteiger partial charge in [0, 0.05) is 28.5 Å². The first-order valence-corrected chi connectivity index (χ1v) is 15.6. The summed E-state index contributed by atoms with van der Waals surface area (Å²) in [5, 5.41) is 3.56. The molecule has 0 spiro atoms. The maximum atomic E-state index is 14.0. The van der Waals surface area contributed by atoms with Gasteiger partial charge in [-0.25, -0.2) is 8.42 Å². The van der Waals surface area contributed by atoms with Crippen molar-refractivity contribution in [1.82, 2.24) is 10.2 Å². The fourth-order valence-corrected chi connectivity index (χ4v) is 5.63. The number of carbonyl (C=O) groups excluding carboxylic acids is 2. The standard InChI is InChI=1S/C29H33BrClN3O4S/c1-4-21(2)32-29(36)27(18-22-10-6-5-7-11-22)33(19-23-14-16-24(31)17-15-23)28(35)20-34(39(3,37)38)26-13-9-8-12-25(26)30/h5-17,21,27H,4,18-20H2,1-3H3,(H,32,36)/t21-,27-/m0/s1. The van der Waals surface area contributed by atoms with E-state index in [1.165, 1.54) is 4.90 Å². The summed E-state index contributed by atoms with van der Waals surface area (Å²) in [5.41, 5.74) is 1.97. The summed E-state index contributed by atoms with van der Waals surface area (Å²) in [7, 11) is -3.84. The number of rotatable bonds is 12. The zero-order chi connectivity index (χ0) is 28.6. The van der Waals surface area contributed by atoms with Crippen LogP contribution in [0.3, 0.4) is 0 Å². The van der Waals surface area contributed by atoms with E-state index in [1.54, 1.807) is 48.5 Å². The van der Waals surface area contributed by atoms with Gasteiger partial charge >= 0.3 is 0 Å². The van der Waals surface area contributed by atoms with Crippen LogP contribution in [0, 0.1) is 0 Å². The Morgan fingerprint density at radius 3 is 2.15 bits per heavy atom. The summed E-state index contributed by atoms with van der Waals surface area (Å²) in [6.07, 6.45) is 2.04. The van der Waals surface area contributed by atoms with Crippen molar-refractivity contribution in [2.45, 2.75) is 45.3 Å². The molecule has 0 radical (unpaired) electrons. The number of hydrogen-bond acceptors (Lipinski definition) is 4. The van der Waals surface area contributed by atoms with E-state index in [0.29, 0.717) is 15.2 Å². The molecule has 3 aromatic rings. The minimum absolute atomic E-state index is 0.0923. The van der Waals surface area contributed by atoms with E-state index < -0.39 is 28.5 Å². The summed E-state index contributed by atoms with van der Waals surface area (Å²) < 4.78 is 27.3. The van der Waals surface area contributed by atoms with Crippen molar-refractivity contribution in [2.75, 3.05) is 17.1 Å². The Balaban J connectivity index is 2.06. The summed E-state index contributed by atoms with van der Waals surface area (Å²) >= 11 is 9.48. The average molecular weight is 635 g/mol. The van der Waals surface area contributed by atoms with Gasteiger partial charge in [-0.05, 0) is 64.7 Å². The van der Waals surface area contributed by atoms with Gasteiger partial charge in [0.2, 0.25) is 21.8 Å². The second kappa shape index (κ2) is 14.0. The molecule has 1 N–H and O–H groups in total. The molecule has 0 saturated heterocycles. The normalized spacial score (nSPS) is 12.8. The molecule has 0 heterocycles. The predicted molar refractivity (Wildman–Crippen MR) is 160 cm³/mol. The Labute approximate surface area is 244 Å². The van der Waals surface area contributed by atoms with Crippen LogP contribution in [-0.4, -0.2) is 50.0 Å². The number of carbonyl (C=O) groups is 2. The van der Waals surface area contributed by atoms with Crippen LogP contribution >= 0.6 is 27.5 Å². The lowest BCUT2D eigenvalue weighted by Gasteiger charge is -2.34. The van der Waals surface area contributed by atoms with E-state index in [9.17, 15) is 18.0 Å². The fraction of sp³-hybridized carbons (Fsp3) is 0.310. The molecule has 2 atom stereocenters. The molecule has 39 heavy (non-hydrogen) atoms. The number of nitrogens with one attached hydrogen (secondary N) is 1. The monoisotopic (exact) mass is 633 g/mol. The largest absolute Gasteiger partial charge is 0.352 e. The summed E-state index contributed by atoms with van der Waals surface area (Å²) in [6.45, 7) is 3.49. The molecule has 2 amide bonds. The van der Waals surface area contributed by atoms with Crippen molar-refractivity contribution in [1.29, 1.82) is 0 Å². The second-order valence-corrected chi connectivity index (χ2v) is 12.6. The van der Waals surface area contributed by atoms with Gasteiger partial charge in [0.15, 0.2) is 0 Å². The van der Waals surface area contributed by atoms with Gasteiger partial charge in [0.1, 0.15) is 12.6 Å². The molecule has 0 fully saturated rings. The van der Waals surface area contributed by atoms with Crippen molar-refractivity contribution < 1.29 is 18.0 Å². The van der Waals surface area contributed by atoms with Crippen LogP contribution in [0.5, 0.6) is 0 Å². The van der Waals surface area contributed by atoms with Crippen LogP contribution in [0.1, 0.15) is 31.4 Å². The number of para-hydroxylation sites is 1. The van der Waals surface area contributed by atoms with Crippen LogP contribution in [0.2, 0.25) is 5.02 Å². The van der Waals surface area contributed by atoms with Gasteiger partial charge in [-0.1, -0.05) is 73.1 Å². The van der Waals surface area contributed by atoms with E-state index in [1.807, 2.05) is 44.2 Å². The van der Waals surface area contributed by atoms with Crippen LogP contribution in [-0.2, 0) is 32.6 Å². The Hall–Kier alpha value is -2.88. The molecule has 0 aliphatic heterocycles. The highest BCUT2D eigenvalue weighted by molar-refractivity contribution is 9.10. The quantitative estimate of drug-likeness (QED) is 0.288. The Morgan fingerprint density at radius 2 is 1.56 bits per heavy atom. The lowest BCUT2D eigenvalue weighted by molar-refractivity contribution is -0.140. The third-order valence-electron chi connectivity index (χ3n) is 6.34. The van der Waals surface area contributed by atoms with Gasteiger partial charge in [0.25, 0.3) is 0 Å². The zero-order valence-electron chi connectivity index (χ0n) is 22.2. The Kier molecular flexibility index (Phi) is 11.0. The maximum absolute atomic E-state index is 14.0. The van der Waals surface area contributed by atoms with E-state index in [-0.39, 0.29) is 24.9 Å². The van der Waals surface area contributed by atoms with Crippen LogP contribution in [0.25, 0.3) is 0 Å². The number of benzene rings is 3. The first-order valence-electron chi connectivity index (χ1n) is 12.6. The number of nitrogens with zero attached hydrogens (tertiary/aromatic N) is 2. The van der Waals surface area contributed by atoms with Crippen molar-refractivity contribution in [3.05, 3.63) is 99.5 Å². The van der Waals surface area contributed by atoms with E-state index >= 15 is 0 Å². The highest BCUT2D eigenvalue weighted by Crippen LogP contribution is 2.28. The number of halogens is 2. The van der Waals surface area contributed by atoms with Gasteiger partial charge < -0.3 is 10.2 Å². The van der Waals surface area contributed by atoms with Crippen LogP contribution in [0.4, 0.5) is 5.69 Å². The lowest BCUT2D eigenvalue weighted by Crippen LogP contribution is -2.54. The van der Waals surface area contributed by atoms with E-state index in [2.05, 4.69) is 21.2 Å². The lowest BCUT2D eigenvalue weighted by atomic mass is 10.0. The highest BCUT2D eigenvalue weighted by atomic mass is 79.9. The third-order valence-corrected chi connectivity index (χ3v) is 8.39. The minimum atomic E-state index is -3.84. The minimum Gasteiger partial charge on any atom is -0.352 e. The topological polar surface area (TPSA) is 86.8 Å². The molecular formula is C29H33BrClN3O4S. The molecule has 0 unspecified atom stereocenters. The highest BCUT2D eigenvalue weighted by Gasteiger charge is 2.33. The third kappa shape index (κ3) is 8.81. The molecule has 3 rings (SSSR count). The van der Waals surface area contributed by atoms with E-state index in [0.717, 1.165) is 28.1 Å². The van der Waals surface area contributed by atoms with Crippen molar-refractivity contribution in [2.24, 2.45) is 0 Å². The van der Waals surface area contributed by atoms with Crippen molar-refractivity contribution in [3.63, 3.8) is 0 Å². The summed E-state index contributed by atoms with van der Waals surface area (Å²) in [6, 6.07) is 22.3. The number of hydrogen-bond donors (Lipinski definition) is 1. The first-order chi connectivity index (χ1) is 18.5. The number of sulfonamides is 1. The van der Waals surface area contributed by atoms with Crippen molar-refractivity contribution in [3.8, 4) is 0 Å². The van der Waals surface area contributed by atoms with E-state index in [4.69, 9.17) is 11.6 Å². The van der Waals surface area contributed by atoms with Gasteiger partial charge in [-0.3, -0.25) is 13.9 Å². The molecule has 0 aliphatic rings. The number of anilines is 1. The molecule has 208 valence electrons. The molecule has 0 aliphatic carbocycles. The molecule has 7 nitrogen and oxygen atoms in total.